The Balaban J connectivity index is 0.00000288. The third kappa shape index (κ3) is 7.23. The molecule has 0 radical (unpaired) electrons. The zero-order valence-corrected chi connectivity index (χ0v) is 17.0. The van der Waals surface area contributed by atoms with E-state index in [1.165, 1.54) is 0 Å². The Kier molecular flexibility index (Phi) is 9.38. The van der Waals surface area contributed by atoms with Gasteiger partial charge in [-0.25, -0.2) is 0 Å². The van der Waals surface area contributed by atoms with Gasteiger partial charge in [-0.05, 0) is 30.2 Å². The summed E-state index contributed by atoms with van der Waals surface area (Å²) in [6.07, 6.45) is 0.110. The van der Waals surface area contributed by atoms with Gasteiger partial charge in [0, 0.05) is 25.3 Å². The maximum absolute atomic E-state index is 5.95. The van der Waals surface area contributed by atoms with Crippen LogP contribution in [0, 0.1) is 5.92 Å². The predicted octanol–water partition coefficient (Wildman–Crippen LogP) is 2.40. The molecule has 0 spiro atoms. The number of morpholine rings is 1. The fourth-order valence-electron chi connectivity index (χ4n) is 2.64. The Hall–Kier alpha value is -1.06. The number of halogens is 1. The summed E-state index contributed by atoms with van der Waals surface area (Å²) >= 11 is 0. The number of nitrogens with zero attached hydrogens (tertiary/aromatic N) is 2. The summed E-state index contributed by atoms with van der Waals surface area (Å²) in [7, 11) is 1.64. The van der Waals surface area contributed by atoms with E-state index in [0.29, 0.717) is 18.4 Å². The second-order valence-electron chi connectivity index (χ2n) is 6.23. The minimum absolute atomic E-state index is 0. The van der Waals surface area contributed by atoms with Gasteiger partial charge in [0.15, 0.2) is 5.96 Å². The van der Waals surface area contributed by atoms with Gasteiger partial charge in [-0.15, -0.1) is 24.0 Å². The van der Waals surface area contributed by atoms with Gasteiger partial charge >= 0.3 is 0 Å². The first-order valence-electron chi connectivity index (χ1n) is 8.11. The topological polar surface area (TPSA) is 72.1 Å². The molecule has 6 nitrogen and oxygen atoms in total. The van der Waals surface area contributed by atoms with Crippen molar-refractivity contribution in [1.82, 2.24) is 4.90 Å². The molecular weight excluding hydrogens is 419 g/mol. The van der Waals surface area contributed by atoms with Crippen molar-refractivity contribution in [2.45, 2.75) is 20.0 Å². The molecule has 1 atom stereocenters. The van der Waals surface area contributed by atoms with Gasteiger partial charge in [-0.1, -0.05) is 13.8 Å². The van der Waals surface area contributed by atoms with Crippen LogP contribution in [-0.2, 0) is 4.74 Å². The molecule has 0 amide bonds. The van der Waals surface area contributed by atoms with Crippen molar-refractivity contribution in [3.05, 3.63) is 24.3 Å². The first-order valence-corrected chi connectivity index (χ1v) is 8.11. The minimum atomic E-state index is 0. The largest absolute Gasteiger partial charge is 0.497 e. The van der Waals surface area contributed by atoms with Crippen LogP contribution in [-0.4, -0.2) is 56.9 Å². The lowest BCUT2D eigenvalue weighted by Gasteiger charge is -2.33. The van der Waals surface area contributed by atoms with Crippen molar-refractivity contribution in [3.8, 4) is 5.75 Å². The summed E-state index contributed by atoms with van der Waals surface area (Å²) in [4.78, 5) is 6.83. The first kappa shape index (κ1) is 21.0. The lowest BCUT2D eigenvalue weighted by Crippen LogP contribution is -2.45. The Morgan fingerprint density at radius 3 is 2.75 bits per heavy atom. The van der Waals surface area contributed by atoms with Crippen LogP contribution < -0.4 is 15.8 Å². The third-order valence-electron chi connectivity index (χ3n) is 3.67. The molecule has 24 heavy (non-hydrogen) atoms. The third-order valence-corrected chi connectivity index (χ3v) is 3.67. The standard InChI is InChI=1S/C17H28N4O2.HI/c1-13(2)11-21-8-9-23-16(12-21)10-19-17(18)20-14-4-6-15(22-3)7-5-14;/h4-7,13,16H,8-12H2,1-3H3,(H3,18,19,20);1H. The smallest absolute Gasteiger partial charge is 0.193 e. The molecule has 1 aromatic rings. The molecule has 1 aliphatic heterocycles. The molecule has 1 aromatic carbocycles. The Morgan fingerprint density at radius 1 is 1.42 bits per heavy atom. The van der Waals surface area contributed by atoms with Crippen LogP contribution in [0.4, 0.5) is 5.69 Å². The van der Waals surface area contributed by atoms with Crippen molar-refractivity contribution < 1.29 is 9.47 Å². The van der Waals surface area contributed by atoms with Crippen molar-refractivity contribution in [2.24, 2.45) is 16.6 Å². The minimum Gasteiger partial charge on any atom is -0.497 e. The molecule has 0 aromatic heterocycles. The summed E-state index contributed by atoms with van der Waals surface area (Å²) in [5.74, 6) is 1.88. The molecular formula is C17H29IN4O2. The number of benzene rings is 1. The van der Waals surface area contributed by atoms with Gasteiger partial charge in [-0.3, -0.25) is 9.89 Å². The highest BCUT2D eigenvalue weighted by Crippen LogP contribution is 2.14. The summed E-state index contributed by atoms with van der Waals surface area (Å²) < 4.78 is 10.9. The Labute approximate surface area is 161 Å². The molecule has 1 unspecified atom stereocenters. The number of nitrogens with two attached hydrogens (primary N) is 1. The number of hydrogen-bond donors (Lipinski definition) is 2. The monoisotopic (exact) mass is 448 g/mol. The zero-order valence-electron chi connectivity index (χ0n) is 14.7. The molecule has 1 aliphatic rings. The number of ether oxygens (including phenoxy) is 2. The molecule has 7 heteroatoms. The predicted molar refractivity (Wildman–Crippen MR) is 110 cm³/mol. The van der Waals surface area contributed by atoms with Gasteiger partial charge in [0.25, 0.3) is 0 Å². The van der Waals surface area contributed by atoms with Crippen LogP contribution in [0.3, 0.4) is 0 Å². The fraction of sp³-hybridized carbons (Fsp3) is 0.588. The highest BCUT2D eigenvalue weighted by molar-refractivity contribution is 14.0. The normalized spacial score (nSPS) is 19.0. The number of anilines is 1. The molecule has 0 bridgehead atoms. The van der Waals surface area contributed by atoms with E-state index in [4.69, 9.17) is 15.2 Å². The summed E-state index contributed by atoms with van der Waals surface area (Å²) in [5.41, 5.74) is 6.83. The molecule has 0 aliphatic carbocycles. The number of nitrogens with one attached hydrogen (secondary N) is 1. The average molecular weight is 448 g/mol. The zero-order chi connectivity index (χ0) is 16.7. The summed E-state index contributed by atoms with van der Waals surface area (Å²) in [6.45, 7) is 8.82. The first-order chi connectivity index (χ1) is 11.1. The Bertz CT molecular complexity index is 508. The SMILES string of the molecule is COc1ccc(NC(N)=NCC2CN(CC(C)C)CCO2)cc1.I. The van der Waals surface area contributed by atoms with E-state index in [2.05, 4.69) is 29.1 Å². The van der Waals surface area contributed by atoms with Crippen molar-refractivity contribution in [1.29, 1.82) is 0 Å². The molecule has 1 heterocycles. The molecule has 1 fully saturated rings. The van der Waals surface area contributed by atoms with Crippen LogP contribution in [0.5, 0.6) is 5.75 Å². The lowest BCUT2D eigenvalue weighted by atomic mass is 10.2. The van der Waals surface area contributed by atoms with Gasteiger partial charge in [0.1, 0.15) is 5.75 Å². The summed E-state index contributed by atoms with van der Waals surface area (Å²) in [6, 6.07) is 7.57. The Morgan fingerprint density at radius 2 is 2.12 bits per heavy atom. The molecule has 136 valence electrons. The lowest BCUT2D eigenvalue weighted by molar-refractivity contribution is -0.0261. The molecule has 0 saturated carbocycles. The maximum atomic E-state index is 5.95. The van der Waals surface area contributed by atoms with E-state index >= 15 is 0 Å². The van der Waals surface area contributed by atoms with E-state index in [0.717, 1.165) is 37.7 Å². The van der Waals surface area contributed by atoms with Crippen LogP contribution in [0.2, 0.25) is 0 Å². The van der Waals surface area contributed by atoms with Crippen molar-refractivity contribution >= 4 is 35.6 Å². The van der Waals surface area contributed by atoms with E-state index in [1.54, 1.807) is 7.11 Å². The summed E-state index contributed by atoms with van der Waals surface area (Å²) in [5, 5.41) is 3.08. The van der Waals surface area contributed by atoms with Crippen LogP contribution in [0.15, 0.2) is 29.3 Å². The van der Waals surface area contributed by atoms with E-state index in [9.17, 15) is 0 Å². The van der Waals surface area contributed by atoms with E-state index < -0.39 is 0 Å². The molecule has 2 rings (SSSR count). The average Bonchev–Trinajstić information content (AvgIpc) is 2.53. The second-order valence-corrected chi connectivity index (χ2v) is 6.23. The van der Waals surface area contributed by atoms with Crippen LogP contribution in [0.25, 0.3) is 0 Å². The van der Waals surface area contributed by atoms with E-state index in [1.807, 2.05) is 24.3 Å². The van der Waals surface area contributed by atoms with Crippen molar-refractivity contribution in [2.75, 3.05) is 45.2 Å². The highest BCUT2D eigenvalue weighted by atomic mass is 127. The number of hydrogen-bond acceptors (Lipinski definition) is 4. The number of methoxy groups -OCH3 is 1. The van der Waals surface area contributed by atoms with Gasteiger partial charge < -0.3 is 20.5 Å². The molecule has 1 saturated heterocycles. The number of guanidine groups is 1. The second kappa shape index (κ2) is 10.7. The highest BCUT2D eigenvalue weighted by Gasteiger charge is 2.20. The van der Waals surface area contributed by atoms with Crippen LogP contribution in [0.1, 0.15) is 13.8 Å². The quantitative estimate of drug-likeness (QED) is 0.397. The van der Waals surface area contributed by atoms with Gasteiger partial charge in [-0.2, -0.15) is 0 Å². The number of rotatable bonds is 6. The van der Waals surface area contributed by atoms with Gasteiger partial charge in [0.05, 0.1) is 26.4 Å². The van der Waals surface area contributed by atoms with Gasteiger partial charge in [0.2, 0.25) is 0 Å². The van der Waals surface area contributed by atoms with E-state index in [-0.39, 0.29) is 30.1 Å². The fourth-order valence-corrected chi connectivity index (χ4v) is 2.64. The molecule has 3 N–H and O–H groups in total. The number of aliphatic imine (C=N–C) groups is 1. The van der Waals surface area contributed by atoms with Crippen LogP contribution >= 0.6 is 24.0 Å². The van der Waals surface area contributed by atoms with Crippen molar-refractivity contribution in [3.63, 3.8) is 0 Å². The maximum Gasteiger partial charge on any atom is 0.193 e.